The Kier molecular flexibility index (Phi) is 3.55. The van der Waals surface area contributed by atoms with Crippen LogP contribution < -0.4 is 0 Å². The van der Waals surface area contributed by atoms with Gasteiger partial charge in [0.1, 0.15) is 0 Å². The second kappa shape index (κ2) is 4.26. The molecule has 1 rings (SSSR count). The van der Waals surface area contributed by atoms with Gasteiger partial charge < -0.3 is 4.90 Å². The van der Waals surface area contributed by atoms with E-state index in [4.69, 9.17) is 0 Å². The molecule has 94 valence electrons. The van der Waals surface area contributed by atoms with E-state index in [2.05, 4.69) is 0 Å². The summed E-state index contributed by atoms with van der Waals surface area (Å²) in [6.45, 7) is 5.78. The van der Waals surface area contributed by atoms with Crippen LogP contribution in [-0.4, -0.2) is 30.1 Å². The van der Waals surface area contributed by atoms with Crippen LogP contribution >= 0.6 is 0 Å². The molecule has 0 radical (unpaired) electrons. The van der Waals surface area contributed by atoms with Crippen LogP contribution in [0.5, 0.6) is 0 Å². The molecule has 1 saturated heterocycles. The number of likely N-dealkylation sites (tertiary alicyclic amines) is 1. The van der Waals surface area contributed by atoms with E-state index < -0.39 is 12.1 Å². The Balaban J connectivity index is 2.51. The molecule has 1 amide bonds. The molecule has 16 heavy (non-hydrogen) atoms. The van der Waals surface area contributed by atoms with Crippen LogP contribution in [0.3, 0.4) is 0 Å². The minimum Gasteiger partial charge on any atom is -0.342 e. The fraction of sp³-hybridized carbons (Fsp3) is 0.909. The minimum absolute atomic E-state index is 0.0411. The van der Waals surface area contributed by atoms with Crippen molar-refractivity contribution in [1.82, 2.24) is 4.90 Å². The molecule has 1 aliphatic rings. The molecular weight excluding hydrogens is 219 g/mol. The number of rotatable bonds is 1. The number of hydrogen-bond donors (Lipinski definition) is 0. The highest BCUT2D eigenvalue weighted by Gasteiger charge is 2.44. The number of carbonyl (C=O) groups excluding carboxylic acids is 1. The van der Waals surface area contributed by atoms with Crippen LogP contribution in [0.4, 0.5) is 13.2 Å². The predicted molar refractivity (Wildman–Crippen MR) is 54.8 cm³/mol. The van der Waals surface area contributed by atoms with Crippen molar-refractivity contribution in [2.45, 2.75) is 39.8 Å². The first kappa shape index (κ1) is 13.3. The molecule has 0 aliphatic carbocycles. The summed E-state index contributed by atoms with van der Waals surface area (Å²) in [5, 5.41) is 0. The van der Waals surface area contributed by atoms with Crippen molar-refractivity contribution in [2.75, 3.05) is 13.1 Å². The van der Waals surface area contributed by atoms with Gasteiger partial charge in [-0.1, -0.05) is 20.8 Å². The zero-order valence-corrected chi connectivity index (χ0v) is 9.90. The van der Waals surface area contributed by atoms with Gasteiger partial charge in [0.05, 0.1) is 5.92 Å². The zero-order valence-electron chi connectivity index (χ0n) is 9.90. The van der Waals surface area contributed by atoms with Gasteiger partial charge in [-0.2, -0.15) is 13.2 Å². The Labute approximate surface area is 93.8 Å². The van der Waals surface area contributed by atoms with E-state index in [1.807, 2.05) is 20.8 Å². The van der Waals surface area contributed by atoms with Crippen LogP contribution in [0.1, 0.15) is 33.6 Å². The number of halogens is 3. The Morgan fingerprint density at radius 1 is 1.31 bits per heavy atom. The lowest BCUT2D eigenvalue weighted by Crippen LogP contribution is -2.33. The van der Waals surface area contributed by atoms with Gasteiger partial charge in [0.15, 0.2) is 0 Å². The highest BCUT2D eigenvalue weighted by Crippen LogP contribution is 2.34. The Bertz CT molecular complexity index is 267. The molecule has 0 aromatic rings. The Hall–Kier alpha value is -0.740. The first-order chi connectivity index (χ1) is 7.09. The second-order valence-corrected chi connectivity index (χ2v) is 5.60. The molecule has 0 aromatic heterocycles. The number of amides is 1. The van der Waals surface area contributed by atoms with Crippen molar-refractivity contribution in [3.8, 4) is 0 Å². The van der Waals surface area contributed by atoms with Crippen LogP contribution in [0.15, 0.2) is 0 Å². The highest BCUT2D eigenvalue weighted by atomic mass is 19.4. The zero-order chi connectivity index (χ0) is 12.6. The second-order valence-electron chi connectivity index (χ2n) is 5.60. The van der Waals surface area contributed by atoms with E-state index >= 15 is 0 Å². The lowest BCUT2D eigenvalue weighted by atomic mass is 9.92. The molecule has 0 bridgehead atoms. The van der Waals surface area contributed by atoms with Crippen LogP contribution in [0.25, 0.3) is 0 Å². The smallest absolute Gasteiger partial charge is 0.342 e. The van der Waals surface area contributed by atoms with Crippen molar-refractivity contribution in [3.63, 3.8) is 0 Å². The fourth-order valence-electron chi connectivity index (χ4n) is 1.82. The number of carbonyl (C=O) groups is 1. The topological polar surface area (TPSA) is 20.3 Å². The van der Waals surface area contributed by atoms with E-state index in [-0.39, 0.29) is 30.8 Å². The van der Waals surface area contributed by atoms with E-state index in [0.717, 1.165) is 0 Å². The molecule has 1 heterocycles. The quantitative estimate of drug-likeness (QED) is 0.686. The molecule has 0 saturated carbocycles. The summed E-state index contributed by atoms with van der Waals surface area (Å²) in [6, 6.07) is 0. The van der Waals surface area contributed by atoms with Crippen molar-refractivity contribution in [1.29, 1.82) is 0 Å². The largest absolute Gasteiger partial charge is 0.393 e. The van der Waals surface area contributed by atoms with Gasteiger partial charge in [-0.3, -0.25) is 4.79 Å². The van der Waals surface area contributed by atoms with Gasteiger partial charge in [-0.05, 0) is 11.8 Å². The van der Waals surface area contributed by atoms with Crippen molar-refractivity contribution in [2.24, 2.45) is 11.3 Å². The molecule has 1 atom stereocenters. The molecular formula is C11H18F3NO. The van der Waals surface area contributed by atoms with E-state index in [1.54, 1.807) is 0 Å². The molecule has 0 aromatic carbocycles. The molecule has 0 N–H and O–H groups in total. The summed E-state index contributed by atoms with van der Waals surface area (Å²) in [7, 11) is 0. The summed E-state index contributed by atoms with van der Waals surface area (Å²) in [6.07, 6.45) is -3.83. The third-order valence-electron chi connectivity index (χ3n) is 2.69. The highest BCUT2D eigenvalue weighted by molar-refractivity contribution is 5.77. The van der Waals surface area contributed by atoms with Crippen molar-refractivity contribution < 1.29 is 18.0 Å². The van der Waals surface area contributed by atoms with Crippen molar-refractivity contribution >= 4 is 5.91 Å². The first-order valence-electron chi connectivity index (χ1n) is 5.44. The number of alkyl halides is 3. The summed E-state index contributed by atoms with van der Waals surface area (Å²) >= 11 is 0. The SMILES string of the molecule is CC(C)(C)CC(=O)N1CCC(C(F)(F)F)C1. The maximum Gasteiger partial charge on any atom is 0.393 e. The van der Waals surface area contributed by atoms with Gasteiger partial charge in [0.25, 0.3) is 0 Å². The first-order valence-corrected chi connectivity index (χ1v) is 5.44. The monoisotopic (exact) mass is 237 g/mol. The normalized spacial score (nSPS) is 22.6. The summed E-state index contributed by atoms with van der Waals surface area (Å²) in [4.78, 5) is 13.0. The maximum absolute atomic E-state index is 12.4. The van der Waals surface area contributed by atoms with Gasteiger partial charge >= 0.3 is 6.18 Å². The molecule has 0 spiro atoms. The Morgan fingerprint density at radius 3 is 2.25 bits per heavy atom. The molecule has 1 aliphatic heterocycles. The molecule has 1 unspecified atom stereocenters. The van der Waals surface area contributed by atoms with Crippen LogP contribution in [-0.2, 0) is 4.79 Å². The minimum atomic E-state index is -4.17. The van der Waals surface area contributed by atoms with E-state index in [1.165, 1.54) is 4.90 Å². The summed E-state index contributed by atoms with van der Waals surface area (Å²) in [5.41, 5.74) is -0.173. The predicted octanol–water partition coefficient (Wildman–Crippen LogP) is 2.83. The summed E-state index contributed by atoms with van der Waals surface area (Å²) in [5.74, 6) is -1.50. The third kappa shape index (κ3) is 3.68. The fourth-order valence-corrected chi connectivity index (χ4v) is 1.82. The van der Waals surface area contributed by atoms with Crippen LogP contribution in [0.2, 0.25) is 0 Å². The molecule has 5 heteroatoms. The number of nitrogens with zero attached hydrogens (tertiary/aromatic N) is 1. The lowest BCUT2D eigenvalue weighted by Gasteiger charge is -2.23. The van der Waals surface area contributed by atoms with E-state index in [9.17, 15) is 18.0 Å². The lowest BCUT2D eigenvalue weighted by molar-refractivity contribution is -0.171. The average molecular weight is 237 g/mol. The molecule has 2 nitrogen and oxygen atoms in total. The summed E-state index contributed by atoms with van der Waals surface area (Å²) < 4.78 is 37.2. The third-order valence-corrected chi connectivity index (χ3v) is 2.69. The number of hydrogen-bond acceptors (Lipinski definition) is 1. The van der Waals surface area contributed by atoms with Gasteiger partial charge in [-0.15, -0.1) is 0 Å². The van der Waals surface area contributed by atoms with Gasteiger partial charge in [-0.25, -0.2) is 0 Å². The van der Waals surface area contributed by atoms with Crippen LogP contribution in [0, 0.1) is 11.3 Å². The van der Waals surface area contributed by atoms with Gasteiger partial charge in [0.2, 0.25) is 5.91 Å². The van der Waals surface area contributed by atoms with Gasteiger partial charge in [0, 0.05) is 19.5 Å². The Morgan fingerprint density at radius 2 is 1.88 bits per heavy atom. The van der Waals surface area contributed by atoms with E-state index in [0.29, 0.717) is 6.42 Å². The average Bonchev–Trinajstić information content (AvgIpc) is 2.46. The van der Waals surface area contributed by atoms with Crippen molar-refractivity contribution in [3.05, 3.63) is 0 Å². The standard InChI is InChI=1S/C11H18F3NO/c1-10(2,3)6-9(16)15-5-4-8(7-15)11(12,13)14/h8H,4-7H2,1-3H3. The molecule has 1 fully saturated rings. The maximum atomic E-state index is 12.4.